The van der Waals surface area contributed by atoms with Gasteiger partial charge in [0.15, 0.2) is 0 Å². The van der Waals surface area contributed by atoms with Gasteiger partial charge in [0.25, 0.3) is 0 Å². The molecule has 1 radical (unpaired) electrons. The molecule has 0 fully saturated rings. The Kier molecular flexibility index (Phi) is 4.74. The summed E-state index contributed by atoms with van der Waals surface area (Å²) < 4.78 is 25.6. The monoisotopic (exact) mass is 212 g/mol. The molecule has 1 rings (SSSR count). The first-order chi connectivity index (χ1) is 7.24. The van der Waals surface area contributed by atoms with E-state index in [0.29, 0.717) is 6.42 Å². The van der Waals surface area contributed by atoms with Gasteiger partial charge >= 0.3 is 0 Å². The summed E-state index contributed by atoms with van der Waals surface area (Å²) >= 11 is 0. The van der Waals surface area contributed by atoms with Crippen LogP contribution in [0, 0.1) is 11.6 Å². The minimum atomic E-state index is -0.624. The van der Waals surface area contributed by atoms with Crippen molar-refractivity contribution >= 4 is 6.21 Å². The van der Waals surface area contributed by atoms with Crippen molar-refractivity contribution in [1.29, 1.82) is 0 Å². The quantitative estimate of drug-likeness (QED) is 0.542. The van der Waals surface area contributed by atoms with Crippen LogP contribution in [0.4, 0.5) is 8.78 Å². The van der Waals surface area contributed by atoms with Crippen molar-refractivity contribution in [3.8, 4) is 0 Å². The van der Waals surface area contributed by atoms with E-state index in [-0.39, 0.29) is 12.2 Å². The lowest BCUT2D eigenvalue weighted by Crippen LogP contribution is -1.93. The lowest BCUT2D eigenvalue weighted by Gasteiger charge is -2.01. The van der Waals surface area contributed by atoms with Crippen LogP contribution in [-0.4, -0.2) is 6.21 Å². The molecule has 0 aliphatic carbocycles. The lowest BCUT2D eigenvalue weighted by molar-refractivity contribution is 0.128. The SMILES string of the molecule is CCC/[C]=N/OCc1ccc(F)cc1F. The van der Waals surface area contributed by atoms with E-state index < -0.39 is 11.6 Å². The number of nitrogens with zero attached hydrogens (tertiary/aromatic N) is 1. The van der Waals surface area contributed by atoms with Crippen LogP contribution in [0.3, 0.4) is 0 Å². The summed E-state index contributed by atoms with van der Waals surface area (Å²) in [5, 5.41) is 3.51. The Bertz CT molecular complexity index is 339. The predicted octanol–water partition coefficient (Wildman–Crippen LogP) is 3.14. The molecule has 81 valence electrons. The van der Waals surface area contributed by atoms with E-state index in [4.69, 9.17) is 4.84 Å². The first-order valence-corrected chi connectivity index (χ1v) is 4.73. The molecule has 0 saturated heterocycles. The maximum atomic E-state index is 13.0. The number of halogens is 2. The van der Waals surface area contributed by atoms with Crippen LogP contribution in [0.2, 0.25) is 0 Å². The molecule has 15 heavy (non-hydrogen) atoms. The molecule has 1 aromatic carbocycles. The third-order valence-corrected chi connectivity index (χ3v) is 1.73. The van der Waals surface area contributed by atoms with E-state index in [1.165, 1.54) is 12.1 Å². The highest BCUT2D eigenvalue weighted by atomic mass is 19.1. The molecule has 1 aromatic rings. The average Bonchev–Trinajstić information content (AvgIpc) is 2.20. The number of rotatable bonds is 5. The van der Waals surface area contributed by atoms with Gasteiger partial charge in [-0.25, -0.2) is 8.78 Å². The van der Waals surface area contributed by atoms with Crippen LogP contribution in [0.25, 0.3) is 0 Å². The minimum Gasteiger partial charge on any atom is -0.391 e. The van der Waals surface area contributed by atoms with Gasteiger partial charge in [-0.2, -0.15) is 0 Å². The van der Waals surface area contributed by atoms with E-state index in [9.17, 15) is 8.78 Å². The zero-order valence-corrected chi connectivity index (χ0v) is 8.46. The highest BCUT2D eigenvalue weighted by molar-refractivity contribution is 5.55. The van der Waals surface area contributed by atoms with Gasteiger partial charge in [-0.1, -0.05) is 18.5 Å². The third-order valence-electron chi connectivity index (χ3n) is 1.73. The summed E-state index contributed by atoms with van der Waals surface area (Å²) in [6, 6.07) is 3.33. The smallest absolute Gasteiger partial charge is 0.145 e. The molecule has 0 aliphatic rings. The maximum Gasteiger partial charge on any atom is 0.145 e. The molecule has 0 N–H and O–H groups in total. The number of unbranched alkanes of at least 4 members (excludes halogenated alkanes) is 1. The lowest BCUT2D eigenvalue weighted by atomic mass is 10.2. The Morgan fingerprint density at radius 1 is 1.40 bits per heavy atom. The minimum absolute atomic E-state index is 0.0111. The predicted molar refractivity (Wildman–Crippen MR) is 53.5 cm³/mol. The Hall–Kier alpha value is -1.45. The third kappa shape index (κ3) is 4.06. The van der Waals surface area contributed by atoms with Crippen molar-refractivity contribution in [1.82, 2.24) is 0 Å². The van der Waals surface area contributed by atoms with Gasteiger partial charge in [0, 0.05) is 11.6 Å². The fourth-order valence-electron chi connectivity index (χ4n) is 0.944. The summed E-state index contributed by atoms with van der Waals surface area (Å²) in [5.41, 5.74) is 0.276. The summed E-state index contributed by atoms with van der Waals surface area (Å²) in [6.07, 6.45) is 4.27. The Labute approximate surface area is 87.6 Å². The standard InChI is InChI=1S/C11H12F2NO/c1-2-3-6-14-15-8-9-4-5-10(12)7-11(9)13/h4-5,7H,2-3,8H2,1H3. The van der Waals surface area contributed by atoms with Crippen LogP contribution >= 0.6 is 0 Å². The molecule has 4 heteroatoms. The van der Waals surface area contributed by atoms with E-state index in [0.717, 1.165) is 12.5 Å². The van der Waals surface area contributed by atoms with Gasteiger partial charge in [0.05, 0.1) is 0 Å². The van der Waals surface area contributed by atoms with Crippen LogP contribution in [0.5, 0.6) is 0 Å². The first kappa shape index (κ1) is 11.6. The highest BCUT2D eigenvalue weighted by Gasteiger charge is 2.03. The molecule has 2 nitrogen and oxygen atoms in total. The fraction of sp³-hybridized carbons (Fsp3) is 0.364. The van der Waals surface area contributed by atoms with E-state index in [2.05, 4.69) is 11.4 Å². The molecular weight excluding hydrogens is 200 g/mol. The number of hydrogen-bond donors (Lipinski definition) is 0. The fourth-order valence-corrected chi connectivity index (χ4v) is 0.944. The van der Waals surface area contributed by atoms with Gasteiger partial charge in [0.2, 0.25) is 0 Å². The Morgan fingerprint density at radius 3 is 2.87 bits per heavy atom. The van der Waals surface area contributed by atoms with E-state index in [1.807, 2.05) is 6.92 Å². The van der Waals surface area contributed by atoms with Gasteiger partial charge in [-0.3, -0.25) is 0 Å². The second-order valence-electron chi connectivity index (χ2n) is 3.01. The summed E-state index contributed by atoms with van der Waals surface area (Å²) in [6.45, 7) is 1.98. The van der Waals surface area contributed by atoms with Crippen molar-refractivity contribution < 1.29 is 13.6 Å². The molecule has 0 atom stereocenters. The van der Waals surface area contributed by atoms with Crippen LogP contribution < -0.4 is 0 Å². The van der Waals surface area contributed by atoms with Crippen molar-refractivity contribution in [3.63, 3.8) is 0 Å². The van der Waals surface area contributed by atoms with Gasteiger partial charge < -0.3 is 4.84 Å². The Balaban J connectivity index is 2.44. The van der Waals surface area contributed by atoms with Crippen molar-refractivity contribution in [2.75, 3.05) is 0 Å². The van der Waals surface area contributed by atoms with Gasteiger partial charge in [-0.15, -0.1) is 0 Å². The maximum absolute atomic E-state index is 13.0. The molecule has 0 saturated carbocycles. The summed E-state index contributed by atoms with van der Waals surface area (Å²) in [5.74, 6) is -1.22. The molecule has 0 unspecified atom stereocenters. The topological polar surface area (TPSA) is 21.6 Å². The van der Waals surface area contributed by atoms with E-state index in [1.54, 1.807) is 0 Å². The van der Waals surface area contributed by atoms with Crippen molar-refractivity contribution in [3.05, 3.63) is 35.4 Å². The van der Waals surface area contributed by atoms with Crippen LogP contribution in [0.15, 0.2) is 23.4 Å². The van der Waals surface area contributed by atoms with Crippen LogP contribution in [0.1, 0.15) is 25.3 Å². The summed E-state index contributed by atoms with van der Waals surface area (Å²) in [4.78, 5) is 4.79. The van der Waals surface area contributed by atoms with Crippen molar-refractivity contribution in [2.45, 2.75) is 26.4 Å². The largest absolute Gasteiger partial charge is 0.391 e. The van der Waals surface area contributed by atoms with Gasteiger partial charge in [-0.05, 0) is 18.6 Å². The van der Waals surface area contributed by atoms with E-state index >= 15 is 0 Å². The number of hydrogen-bond acceptors (Lipinski definition) is 2. The second kappa shape index (κ2) is 6.11. The molecular formula is C11H12F2NO. The highest BCUT2D eigenvalue weighted by Crippen LogP contribution is 2.10. The van der Waals surface area contributed by atoms with Crippen molar-refractivity contribution in [2.24, 2.45) is 5.16 Å². The summed E-state index contributed by atoms with van der Waals surface area (Å²) in [7, 11) is 0. The average molecular weight is 212 g/mol. The molecule has 0 heterocycles. The zero-order valence-electron chi connectivity index (χ0n) is 8.46. The molecule has 0 amide bonds. The molecule has 0 aliphatic heterocycles. The zero-order chi connectivity index (χ0) is 11.1. The molecule has 0 aromatic heterocycles. The Morgan fingerprint density at radius 2 is 2.20 bits per heavy atom. The van der Waals surface area contributed by atoms with Gasteiger partial charge in [0.1, 0.15) is 24.5 Å². The molecule has 0 bridgehead atoms. The second-order valence-corrected chi connectivity index (χ2v) is 3.01. The molecule has 0 spiro atoms. The van der Waals surface area contributed by atoms with Crippen LogP contribution in [-0.2, 0) is 11.4 Å². The first-order valence-electron chi connectivity index (χ1n) is 4.73. The number of benzene rings is 1. The normalized spacial score (nSPS) is 10.9.